The van der Waals surface area contributed by atoms with Crippen LogP contribution < -0.4 is 4.74 Å². The first kappa shape index (κ1) is 14.6. The van der Waals surface area contributed by atoms with Gasteiger partial charge in [0.15, 0.2) is 0 Å². The second kappa shape index (κ2) is 6.57. The molecule has 2 aromatic rings. The topological polar surface area (TPSA) is 47.3 Å². The summed E-state index contributed by atoms with van der Waals surface area (Å²) in [7, 11) is 0. The summed E-state index contributed by atoms with van der Waals surface area (Å²) in [6.45, 7) is 7.30. The molecule has 4 nitrogen and oxygen atoms in total. The number of imidazole rings is 1. The first-order chi connectivity index (χ1) is 9.61. The van der Waals surface area contributed by atoms with Gasteiger partial charge in [-0.1, -0.05) is 18.6 Å². The number of aryl methyl sites for hydroxylation is 2. The minimum absolute atomic E-state index is 0.461. The van der Waals surface area contributed by atoms with Gasteiger partial charge in [-0.25, -0.2) is 4.98 Å². The van der Waals surface area contributed by atoms with Gasteiger partial charge < -0.3 is 14.4 Å². The highest BCUT2D eigenvalue weighted by Gasteiger charge is 2.10. The first-order valence-electron chi connectivity index (χ1n) is 7.02. The third kappa shape index (κ3) is 3.39. The van der Waals surface area contributed by atoms with Crippen molar-refractivity contribution in [3.05, 3.63) is 47.5 Å². The first-order valence-corrected chi connectivity index (χ1v) is 7.02. The van der Waals surface area contributed by atoms with Crippen LogP contribution in [0.5, 0.6) is 5.75 Å². The van der Waals surface area contributed by atoms with E-state index in [2.05, 4.69) is 16.5 Å². The molecule has 20 heavy (non-hydrogen) atoms. The maximum atomic E-state index is 9.83. The molecule has 1 aromatic heterocycles. The standard InChI is InChI=1S/C16H22N2O2/c1-4-7-18-11-17-9-14(18)10-20-16-6-5-12(2)8-15(16)13(3)19/h5-6,8-9,11,13,19H,4,7,10H2,1-3H3. The molecule has 0 bridgehead atoms. The Balaban J connectivity index is 2.12. The van der Waals surface area contributed by atoms with E-state index in [0.717, 1.165) is 35.5 Å². The lowest BCUT2D eigenvalue weighted by molar-refractivity contribution is 0.189. The minimum atomic E-state index is -0.537. The Labute approximate surface area is 120 Å². The van der Waals surface area contributed by atoms with Crippen LogP contribution in [0, 0.1) is 6.92 Å². The Kier molecular flexibility index (Phi) is 4.79. The van der Waals surface area contributed by atoms with Gasteiger partial charge in [-0.2, -0.15) is 0 Å². The molecule has 1 unspecified atom stereocenters. The molecule has 0 spiro atoms. The zero-order valence-corrected chi connectivity index (χ0v) is 12.3. The normalized spacial score (nSPS) is 12.4. The van der Waals surface area contributed by atoms with Crippen LogP contribution in [-0.4, -0.2) is 14.7 Å². The summed E-state index contributed by atoms with van der Waals surface area (Å²) >= 11 is 0. The summed E-state index contributed by atoms with van der Waals surface area (Å²) < 4.78 is 7.96. The van der Waals surface area contributed by atoms with E-state index >= 15 is 0 Å². The maximum Gasteiger partial charge on any atom is 0.130 e. The van der Waals surface area contributed by atoms with E-state index in [-0.39, 0.29) is 0 Å². The van der Waals surface area contributed by atoms with Crippen LogP contribution >= 0.6 is 0 Å². The average molecular weight is 274 g/mol. The van der Waals surface area contributed by atoms with E-state index in [1.165, 1.54) is 0 Å². The monoisotopic (exact) mass is 274 g/mol. The van der Waals surface area contributed by atoms with E-state index in [4.69, 9.17) is 4.74 Å². The van der Waals surface area contributed by atoms with Gasteiger partial charge in [-0.15, -0.1) is 0 Å². The number of ether oxygens (including phenoxy) is 1. The van der Waals surface area contributed by atoms with E-state index in [9.17, 15) is 5.11 Å². The Morgan fingerprint density at radius 1 is 1.40 bits per heavy atom. The molecule has 1 heterocycles. The van der Waals surface area contributed by atoms with Gasteiger partial charge in [0.1, 0.15) is 12.4 Å². The van der Waals surface area contributed by atoms with Crippen molar-refractivity contribution in [2.45, 2.75) is 46.4 Å². The highest BCUT2D eigenvalue weighted by Crippen LogP contribution is 2.26. The van der Waals surface area contributed by atoms with Crippen molar-refractivity contribution in [3.8, 4) is 5.75 Å². The van der Waals surface area contributed by atoms with E-state index < -0.39 is 6.10 Å². The van der Waals surface area contributed by atoms with Gasteiger partial charge in [-0.3, -0.25) is 0 Å². The van der Waals surface area contributed by atoms with E-state index in [1.54, 1.807) is 6.92 Å². The van der Waals surface area contributed by atoms with Crippen LogP contribution in [-0.2, 0) is 13.2 Å². The third-order valence-corrected chi connectivity index (χ3v) is 3.25. The number of aromatic nitrogens is 2. The van der Waals surface area contributed by atoms with E-state index in [0.29, 0.717) is 6.61 Å². The molecule has 1 atom stereocenters. The molecule has 2 rings (SSSR count). The maximum absolute atomic E-state index is 9.83. The summed E-state index contributed by atoms with van der Waals surface area (Å²) in [6.07, 6.45) is 4.18. The third-order valence-electron chi connectivity index (χ3n) is 3.25. The summed E-state index contributed by atoms with van der Waals surface area (Å²) in [5, 5.41) is 9.83. The Morgan fingerprint density at radius 3 is 2.90 bits per heavy atom. The minimum Gasteiger partial charge on any atom is -0.487 e. The van der Waals surface area contributed by atoms with Gasteiger partial charge in [0.2, 0.25) is 0 Å². The van der Waals surface area contributed by atoms with Gasteiger partial charge >= 0.3 is 0 Å². The van der Waals surface area contributed by atoms with Crippen molar-refractivity contribution in [2.75, 3.05) is 0 Å². The number of aliphatic hydroxyl groups is 1. The molecule has 0 aliphatic carbocycles. The fourth-order valence-electron chi connectivity index (χ4n) is 2.19. The molecule has 0 aliphatic rings. The molecule has 4 heteroatoms. The molecule has 0 aliphatic heterocycles. The lowest BCUT2D eigenvalue weighted by Gasteiger charge is -2.15. The Hall–Kier alpha value is -1.81. The summed E-state index contributed by atoms with van der Waals surface area (Å²) in [5.41, 5.74) is 2.99. The molecule has 0 radical (unpaired) electrons. The van der Waals surface area contributed by atoms with Gasteiger partial charge in [-0.05, 0) is 32.4 Å². The van der Waals surface area contributed by atoms with Crippen molar-refractivity contribution < 1.29 is 9.84 Å². The summed E-state index contributed by atoms with van der Waals surface area (Å²) in [6, 6.07) is 5.87. The lowest BCUT2D eigenvalue weighted by Crippen LogP contribution is -2.06. The van der Waals surface area contributed by atoms with Crippen molar-refractivity contribution in [2.24, 2.45) is 0 Å². The SMILES string of the molecule is CCCn1cncc1COc1ccc(C)cc1C(C)O. The molecule has 1 N–H and O–H groups in total. The fourth-order valence-corrected chi connectivity index (χ4v) is 2.19. The van der Waals surface area contributed by atoms with Crippen LogP contribution in [0.2, 0.25) is 0 Å². The van der Waals surface area contributed by atoms with Crippen LogP contribution in [0.4, 0.5) is 0 Å². The molecule has 0 fully saturated rings. The van der Waals surface area contributed by atoms with Crippen LogP contribution in [0.3, 0.4) is 0 Å². The Morgan fingerprint density at radius 2 is 2.20 bits per heavy atom. The smallest absolute Gasteiger partial charge is 0.130 e. The van der Waals surface area contributed by atoms with Crippen molar-refractivity contribution >= 4 is 0 Å². The lowest BCUT2D eigenvalue weighted by atomic mass is 10.1. The predicted molar refractivity (Wildman–Crippen MR) is 78.7 cm³/mol. The van der Waals surface area contributed by atoms with Crippen LogP contribution in [0.15, 0.2) is 30.7 Å². The molecular weight excluding hydrogens is 252 g/mol. The number of hydrogen-bond acceptors (Lipinski definition) is 3. The number of benzene rings is 1. The second-order valence-corrected chi connectivity index (χ2v) is 5.08. The van der Waals surface area contributed by atoms with Gasteiger partial charge in [0.25, 0.3) is 0 Å². The zero-order chi connectivity index (χ0) is 14.5. The van der Waals surface area contributed by atoms with E-state index in [1.807, 2.05) is 37.6 Å². The number of nitrogens with zero attached hydrogens (tertiary/aromatic N) is 2. The number of aliphatic hydroxyl groups excluding tert-OH is 1. The zero-order valence-electron chi connectivity index (χ0n) is 12.3. The predicted octanol–water partition coefficient (Wildman–Crippen LogP) is 3.23. The molecule has 0 amide bonds. The van der Waals surface area contributed by atoms with Crippen molar-refractivity contribution in [3.63, 3.8) is 0 Å². The fraction of sp³-hybridized carbons (Fsp3) is 0.438. The van der Waals surface area contributed by atoms with Gasteiger partial charge in [0, 0.05) is 12.1 Å². The average Bonchev–Trinajstić information content (AvgIpc) is 2.85. The van der Waals surface area contributed by atoms with Crippen LogP contribution in [0.1, 0.15) is 43.2 Å². The molecule has 0 saturated heterocycles. The highest BCUT2D eigenvalue weighted by atomic mass is 16.5. The van der Waals surface area contributed by atoms with Gasteiger partial charge in [0.05, 0.1) is 24.3 Å². The molecule has 1 aromatic carbocycles. The molecule has 0 saturated carbocycles. The second-order valence-electron chi connectivity index (χ2n) is 5.08. The summed E-state index contributed by atoms with van der Waals surface area (Å²) in [5.74, 6) is 0.731. The summed E-state index contributed by atoms with van der Waals surface area (Å²) in [4.78, 5) is 4.16. The van der Waals surface area contributed by atoms with Crippen LogP contribution in [0.25, 0.3) is 0 Å². The van der Waals surface area contributed by atoms with Crippen molar-refractivity contribution in [1.82, 2.24) is 9.55 Å². The van der Waals surface area contributed by atoms with Crippen molar-refractivity contribution in [1.29, 1.82) is 0 Å². The largest absolute Gasteiger partial charge is 0.487 e. The Bertz CT molecular complexity index is 561. The number of hydrogen-bond donors (Lipinski definition) is 1. The molecular formula is C16H22N2O2. The highest BCUT2D eigenvalue weighted by molar-refractivity contribution is 5.38. The number of rotatable bonds is 6. The quantitative estimate of drug-likeness (QED) is 0.879. The molecule has 108 valence electrons.